The Morgan fingerprint density at radius 1 is 0.906 bits per heavy atom. The van der Waals surface area contributed by atoms with Gasteiger partial charge in [-0.2, -0.15) is 0 Å². The summed E-state index contributed by atoms with van der Waals surface area (Å²) in [6.45, 7) is 1.49. The highest BCUT2D eigenvalue weighted by Gasteiger charge is 2.13. The topological polar surface area (TPSA) is 99.1 Å². The molecule has 7 heteroatoms. The van der Waals surface area contributed by atoms with Crippen molar-refractivity contribution in [2.45, 2.75) is 25.9 Å². The molecule has 1 atom stereocenters. The lowest BCUT2D eigenvalue weighted by molar-refractivity contribution is -0.136. The number of hydrogen-bond donors (Lipinski definition) is 1. The maximum atomic E-state index is 12.1. The molecule has 0 aliphatic rings. The van der Waals surface area contributed by atoms with E-state index in [1.54, 1.807) is 43.5 Å². The average molecular weight is 438 g/mol. The Morgan fingerprint density at radius 3 is 2.16 bits per heavy atom. The lowest BCUT2D eigenvalue weighted by Crippen LogP contribution is -2.15. The van der Waals surface area contributed by atoms with Crippen LogP contribution in [0.25, 0.3) is 12.2 Å². The first-order valence-corrected chi connectivity index (χ1v) is 9.93. The fraction of sp³-hybridized carbons (Fsp3) is 0.240. The minimum absolute atomic E-state index is 0.139. The van der Waals surface area contributed by atoms with Gasteiger partial charge in [-0.15, -0.1) is 0 Å². The molecule has 2 aromatic carbocycles. The highest BCUT2D eigenvalue weighted by atomic mass is 16.6. The quantitative estimate of drug-likeness (QED) is 0.247. The molecule has 1 N–H and O–H groups in total. The number of methoxy groups -OCH3 is 2. The molecule has 0 fully saturated rings. The number of carbonyl (C=O) groups excluding carboxylic acids is 3. The minimum atomic E-state index is -0.810. The SMILES string of the molecule is COc1cccc(/C=C/C(=O)CC(=O)/C=C/c2ccc(OC(=O)C[C@@H](C)O)c(OC)c2)c1. The van der Waals surface area contributed by atoms with Gasteiger partial charge in [0.05, 0.1) is 33.2 Å². The molecule has 168 valence electrons. The number of aliphatic hydroxyl groups is 1. The summed E-state index contributed by atoms with van der Waals surface area (Å²) < 4.78 is 15.5. The number of benzene rings is 2. The van der Waals surface area contributed by atoms with E-state index in [-0.39, 0.29) is 30.2 Å². The Hall–Kier alpha value is -3.71. The molecule has 0 saturated heterocycles. The van der Waals surface area contributed by atoms with Crippen LogP contribution in [0.15, 0.2) is 54.6 Å². The molecule has 0 bridgehead atoms. The van der Waals surface area contributed by atoms with Crippen molar-refractivity contribution in [3.63, 3.8) is 0 Å². The van der Waals surface area contributed by atoms with Gasteiger partial charge in [0.15, 0.2) is 23.1 Å². The third-order valence-electron chi connectivity index (χ3n) is 4.24. The number of allylic oxidation sites excluding steroid dienone is 2. The predicted molar refractivity (Wildman–Crippen MR) is 121 cm³/mol. The lowest BCUT2D eigenvalue weighted by atomic mass is 10.1. The number of carbonyl (C=O) groups is 3. The van der Waals surface area contributed by atoms with Gasteiger partial charge >= 0.3 is 5.97 Å². The third kappa shape index (κ3) is 8.20. The molecule has 0 unspecified atom stereocenters. The van der Waals surface area contributed by atoms with Crippen molar-refractivity contribution >= 4 is 29.7 Å². The first-order valence-electron chi connectivity index (χ1n) is 9.93. The first kappa shape index (κ1) is 24.6. The summed E-state index contributed by atoms with van der Waals surface area (Å²) in [6, 6.07) is 12.0. The molecule has 0 saturated carbocycles. The van der Waals surface area contributed by atoms with E-state index in [1.807, 2.05) is 12.1 Å². The van der Waals surface area contributed by atoms with E-state index in [2.05, 4.69) is 0 Å². The number of esters is 1. The van der Waals surface area contributed by atoms with E-state index < -0.39 is 12.1 Å². The molecular formula is C25H26O7. The van der Waals surface area contributed by atoms with E-state index in [4.69, 9.17) is 14.2 Å². The Balaban J connectivity index is 1.96. The monoisotopic (exact) mass is 438 g/mol. The zero-order valence-electron chi connectivity index (χ0n) is 18.2. The maximum Gasteiger partial charge on any atom is 0.313 e. The van der Waals surface area contributed by atoms with Crippen LogP contribution in [0.2, 0.25) is 0 Å². The Morgan fingerprint density at radius 2 is 1.56 bits per heavy atom. The molecule has 0 spiro atoms. The normalized spacial score (nSPS) is 12.0. The zero-order valence-corrected chi connectivity index (χ0v) is 18.2. The van der Waals surface area contributed by atoms with Crippen LogP contribution in [0.3, 0.4) is 0 Å². The van der Waals surface area contributed by atoms with Crippen LogP contribution in [-0.4, -0.2) is 43.0 Å². The molecule has 2 aromatic rings. The van der Waals surface area contributed by atoms with E-state index in [9.17, 15) is 19.5 Å². The molecule has 0 radical (unpaired) electrons. The lowest BCUT2D eigenvalue weighted by Gasteiger charge is -2.10. The molecule has 0 heterocycles. The standard InChI is InChI=1S/C25H26O7/c1-17(26)13-25(29)32-23-12-9-19(15-24(23)31-3)8-11-21(28)16-20(27)10-7-18-5-4-6-22(14-18)30-2/h4-12,14-15,17,26H,13,16H2,1-3H3/b10-7+,11-8+/t17-/m1/s1. The van der Waals surface area contributed by atoms with Crippen LogP contribution in [0.1, 0.15) is 30.9 Å². The van der Waals surface area contributed by atoms with E-state index in [1.165, 1.54) is 32.3 Å². The van der Waals surface area contributed by atoms with Crippen molar-refractivity contribution < 1.29 is 33.7 Å². The Labute approximate surface area is 186 Å². The van der Waals surface area contributed by atoms with Gasteiger partial charge in [0.25, 0.3) is 0 Å². The number of ether oxygens (including phenoxy) is 3. The van der Waals surface area contributed by atoms with Gasteiger partial charge in [-0.1, -0.05) is 30.4 Å². The molecule has 7 nitrogen and oxygen atoms in total. The number of rotatable bonds is 11. The van der Waals surface area contributed by atoms with Crippen molar-refractivity contribution in [2.24, 2.45) is 0 Å². The van der Waals surface area contributed by atoms with Crippen LogP contribution in [0.4, 0.5) is 0 Å². The largest absolute Gasteiger partial charge is 0.497 e. The van der Waals surface area contributed by atoms with Crippen LogP contribution in [0.5, 0.6) is 17.2 Å². The molecule has 2 rings (SSSR count). The molecule has 0 amide bonds. The van der Waals surface area contributed by atoms with Crippen LogP contribution in [-0.2, 0) is 14.4 Å². The fourth-order valence-electron chi connectivity index (χ4n) is 2.69. The van der Waals surface area contributed by atoms with Gasteiger partial charge in [-0.25, -0.2) is 0 Å². The predicted octanol–water partition coefficient (Wildman–Crippen LogP) is 3.64. The van der Waals surface area contributed by atoms with E-state index in [0.717, 1.165) is 5.56 Å². The highest BCUT2D eigenvalue weighted by molar-refractivity contribution is 6.10. The van der Waals surface area contributed by atoms with Crippen molar-refractivity contribution in [1.82, 2.24) is 0 Å². The summed E-state index contributed by atoms with van der Waals surface area (Å²) in [6.07, 6.45) is 4.64. The Bertz CT molecular complexity index is 1020. The third-order valence-corrected chi connectivity index (χ3v) is 4.24. The second kappa shape index (κ2) is 12.2. The second-order valence-electron chi connectivity index (χ2n) is 6.99. The summed E-state index contributed by atoms with van der Waals surface area (Å²) >= 11 is 0. The van der Waals surface area contributed by atoms with E-state index >= 15 is 0 Å². The van der Waals surface area contributed by atoms with Gasteiger partial charge in [0.1, 0.15) is 5.75 Å². The van der Waals surface area contributed by atoms with Crippen LogP contribution >= 0.6 is 0 Å². The summed E-state index contributed by atoms with van der Waals surface area (Å²) in [5.41, 5.74) is 1.42. The average Bonchev–Trinajstić information content (AvgIpc) is 2.76. The van der Waals surface area contributed by atoms with Gasteiger partial charge < -0.3 is 19.3 Å². The highest BCUT2D eigenvalue weighted by Crippen LogP contribution is 2.29. The van der Waals surface area contributed by atoms with Crippen molar-refractivity contribution in [1.29, 1.82) is 0 Å². The first-order chi connectivity index (χ1) is 15.3. The Kier molecular flexibility index (Phi) is 9.38. The van der Waals surface area contributed by atoms with E-state index in [0.29, 0.717) is 17.1 Å². The number of aliphatic hydroxyl groups excluding tert-OH is 1. The smallest absolute Gasteiger partial charge is 0.313 e. The minimum Gasteiger partial charge on any atom is -0.497 e. The van der Waals surface area contributed by atoms with Crippen LogP contribution in [0, 0.1) is 0 Å². The van der Waals surface area contributed by atoms with Crippen molar-refractivity contribution in [3.05, 3.63) is 65.7 Å². The van der Waals surface area contributed by atoms with Gasteiger partial charge in [-0.3, -0.25) is 14.4 Å². The summed E-state index contributed by atoms with van der Waals surface area (Å²) in [7, 11) is 2.99. The summed E-state index contributed by atoms with van der Waals surface area (Å²) in [5.74, 6) is -0.0671. The second-order valence-corrected chi connectivity index (χ2v) is 6.99. The summed E-state index contributed by atoms with van der Waals surface area (Å²) in [5, 5.41) is 9.26. The van der Waals surface area contributed by atoms with Crippen molar-refractivity contribution in [3.8, 4) is 17.2 Å². The molecule has 32 heavy (non-hydrogen) atoms. The van der Waals surface area contributed by atoms with Crippen LogP contribution < -0.4 is 14.2 Å². The maximum absolute atomic E-state index is 12.1. The molecule has 0 aliphatic carbocycles. The van der Waals surface area contributed by atoms with Crippen molar-refractivity contribution in [2.75, 3.05) is 14.2 Å². The summed E-state index contributed by atoms with van der Waals surface area (Å²) in [4.78, 5) is 35.9. The number of ketones is 2. The van der Waals surface area contributed by atoms with Gasteiger partial charge in [0.2, 0.25) is 0 Å². The number of hydrogen-bond acceptors (Lipinski definition) is 7. The van der Waals surface area contributed by atoms with Gasteiger partial charge in [-0.05, 0) is 54.5 Å². The molecule has 0 aromatic heterocycles. The van der Waals surface area contributed by atoms with Gasteiger partial charge in [0, 0.05) is 0 Å². The molecular weight excluding hydrogens is 412 g/mol. The fourth-order valence-corrected chi connectivity index (χ4v) is 2.69. The zero-order chi connectivity index (χ0) is 23.5. The molecule has 0 aliphatic heterocycles.